The van der Waals surface area contributed by atoms with Crippen LogP contribution in [-0.2, 0) is 9.47 Å². The lowest BCUT2D eigenvalue weighted by atomic mass is 10.1. The van der Waals surface area contributed by atoms with Crippen molar-refractivity contribution in [3.8, 4) is 11.3 Å². The first-order valence-electron chi connectivity index (χ1n) is 14.5. The van der Waals surface area contributed by atoms with Gasteiger partial charge in [0, 0.05) is 36.3 Å². The zero-order chi connectivity index (χ0) is 31.1. The molecule has 5 rings (SSSR count). The van der Waals surface area contributed by atoms with Gasteiger partial charge in [-0.3, -0.25) is 8.97 Å². The van der Waals surface area contributed by atoms with Crippen molar-refractivity contribution in [2.24, 2.45) is 0 Å². The molecule has 0 saturated carbocycles. The topological polar surface area (TPSA) is 103 Å². The van der Waals surface area contributed by atoms with E-state index >= 15 is 0 Å². The molecule has 11 heteroatoms. The van der Waals surface area contributed by atoms with Crippen LogP contribution in [0.25, 0.3) is 33.9 Å². The Morgan fingerprint density at radius 3 is 2.47 bits per heavy atom. The average molecular weight is 607 g/mol. The van der Waals surface area contributed by atoms with E-state index in [9.17, 15) is 9.59 Å². The van der Waals surface area contributed by atoms with Crippen LogP contribution >= 0.6 is 11.6 Å². The number of halogens is 1. The number of nitrogens with one attached hydrogen (secondary N) is 1. The summed E-state index contributed by atoms with van der Waals surface area (Å²) < 4.78 is 14.7. The fourth-order valence-electron chi connectivity index (χ4n) is 5.22. The number of ether oxygens (including phenoxy) is 2. The number of carbonyl (C=O) groups excluding carboxylic acids is 2. The van der Waals surface area contributed by atoms with Crippen molar-refractivity contribution in [2.75, 3.05) is 18.4 Å². The summed E-state index contributed by atoms with van der Waals surface area (Å²) in [6, 6.07) is 7.49. The second-order valence-corrected chi connectivity index (χ2v) is 13.1. The molecule has 1 saturated heterocycles. The van der Waals surface area contributed by atoms with E-state index in [1.165, 1.54) is 4.57 Å². The molecule has 4 aromatic rings. The summed E-state index contributed by atoms with van der Waals surface area (Å²) in [6.45, 7) is 14.1. The highest BCUT2D eigenvalue weighted by Gasteiger charge is 2.30. The Kier molecular flexibility index (Phi) is 8.17. The summed E-state index contributed by atoms with van der Waals surface area (Å²) in [4.78, 5) is 37.5. The fraction of sp³-hybridized carbons (Fsp3) is 0.438. The number of aromatic nitrogens is 4. The molecule has 1 amide bonds. The number of imidazole rings is 1. The van der Waals surface area contributed by atoms with Gasteiger partial charge >= 0.3 is 12.2 Å². The van der Waals surface area contributed by atoms with Gasteiger partial charge in [0.2, 0.25) is 0 Å². The highest BCUT2D eigenvalue weighted by Crippen LogP contribution is 2.37. The zero-order valence-electron chi connectivity index (χ0n) is 25.8. The number of piperidine rings is 1. The molecular weight excluding hydrogens is 568 g/mol. The van der Waals surface area contributed by atoms with Crippen LogP contribution in [0.15, 0.2) is 42.7 Å². The Morgan fingerprint density at radius 1 is 1.07 bits per heavy atom. The number of hydrogen-bond acceptors (Lipinski definition) is 7. The van der Waals surface area contributed by atoms with Crippen molar-refractivity contribution >= 4 is 52.2 Å². The Hall–Kier alpha value is -4.05. The van der Waals surface area contributed by atoms with E-state index in [2.05, 4.69) is 10.3 Å². The first-order chi connectivity index (χ1) is 20.3. The predicted molar refractivity (Wildman–Crippen MR) is 170 cm³/mol. The second-order valence-electron chi connectivity index (χ2n) is 12.8. The number of likely N-dealkylation sites (tertiary alicyclic amines) is 1. The molecule has 0 spiro atoms. The standard InChI is InChI=1S/C32H39ClN6O4/c1-8-12-21-17-34-28-27(35-20-13-11-16-37(18-20)29(40)42-31(2,3)4)36-25(26(33)39(21)28)23-19-38(30(41)43-32(5,6)7)24-15-10-9-14-22(23)24/h8-10,12,14-15,17,19-20H,11,13,16,18H2,1-7H3,(H,35,36)/t20-/m0/s1. The van der Waals surface area contributed by atoms with Crippen LogP contribution in [0.2, 0.25) is 5.15 Å². The minimum atomic E-state index is -0.667. The van der Waals surface area contributed by atoms with Crippen molar-refractivity contribution in [1.29, 1.82) is 0 Å². The third-order valence-electron chi connectivity index (χ3n) is 6.92. The van der Waals surface area contributed by atoms with Gasteiger partial charge in [0.15, 0.2) is 11.5 Å². The monoisotopic (exact) mass is 606 g/mol. The number of carbonyl (C=O) groups is 2. The van der Waals surface area contributed by atoms with Crippen LogP contribution in [0, 0.1) is 0 Å². The number of amides is 1. The van der Waals surface area contributed by atoms with Crippen molar-refractivity contribution in [3.05, 3.63) is 53.6 Å². The number of fused-ring (bicyclic) bond motifs is 2. The van der Waals surface area contributed by atoms with Gasteiger partial charge in [-0.1, -0.05) is 35.9 Å². The quantitative estimate of drug-likeness (QED) is 0.255. The molecule has 1 atom stereocenters. The number of allylic oxidation sites excluding steroid dienone is 1. The van der Waals surface area contributed by atoms with E-state index in [0.717, 1.165) is 23.9 Å². The van der Waals surface area contributed by atoms with Gasteiger partial charge in [-0.2, -0.15) is 0 Å². The Labute approximate surface area is 256 Å². The lowest BCUT2D eigenvalue weighted by Gasteiger charge is -2.34. The van der Waals surface area contributed by atoms with E-state index in [4.69, 9.17) is 26.1 Å². The molecule has 1 N–H and O–H groups in total. The third-order valence-corrected chi connectivity index (χ3v) is 7.27. The number of rotatable bonds is 4. The fourth-order valence-corrected chi connectivity index (χ4v) is 5.54. The minimum Gasteiger partial charge on any atom is -0.444 e. The molecule has 10 nitrogen and oxygen atoms in total. The predicted octanol–water partition coefficient (Wildman–Crippen LogP) is 7.63. The molecule has 1 fully saturated rings. The highest BCUT2D eigenvalue weighted by atomic mass is 35.5. The highest BCUT2D eigenvalue weighted by molar-refractivity contribution is 6.33. The molecular formula is C32H39ClN6O4. The van der Waals surface area contributed by atoms with E-state index in [0.29, 0.717) is 46.5 Å². The lowest BCUT2D eigenvalue weighted by molar-refractivity contribution is 0.0206. The van der Waals surface area contributed by atoms with Crippen LogP contribution in [0.3, 0.4) is 0 Å². The molecule has 1 aliphatic heterocycles. The maximum absolute atomic E-state index is 13.2. The Morgan fingerprint density at radius 2 is 1.77 bits per heavy atom. The second kappa shape index (κ2) is 11.6. The molecule has 1 aromatic carbocycles. The smallest absolute Gasteiger partial charge is 0.419 e. The summed E-state index contributed by atoms with van der Waals surface area (Å²) in [5.41, 5.74) is 1.94. The minimum absolute atomic E-state index is 0.0865. The molecule has 0 radical (unpaired) electrons. The molecule has 0 bridgehead atoms. The summed E-state index contributed by atoms with van der Waals surface area (Å²) in [5, 5.41) is 4.71. The van der Waals surface area contributed by atoms with Crippen LogP contribution < -0.4 is 5.32 Å². The van der Waals surface area contributed by atoms with E-state index in [1.807, 2.05) is 89.3 Å². The van der Waals surface area contributed by atoms with Gasteiger partial charge in [-0.25, -0.2) is 19.6 Å². The van der Waals surface area contributed by atoms with E-state index in [1.54, 1.807) is 17.3 Å². The van der Waals surface area contributed by atoms with Crippen molar-refractivity contribution in [1.82, 2.24) is 23.8 Å². The van der Waals surface area contributed by atoms with Crippen molar-refractivity contribution in [2.45, 2.75) is 78.6 Å². The zero-order valence-corrected chi connectivity index (χ0v) is 26.5. The molecule has 43 heavy (non-hydrogen) atoms. The Balaban J connectivity index is 1.60. The largest absolute Gasteiger partial charge is 0.444 e. The molecule has 0 unspecified atom stereocenters. The Bertz CT molecular complexity index is 1710. The average Bonchev–Trinajstić information content (AvgIpc) is 3.52. The molecule has 1 aliphatic rings. The molecule has 0 aliphatic carbocycles. The van der Waals surface area contributed by atoms with Gasteiger partial charge in [-0.05, 0) is 73.5 Å². The van der Waals surface area contributed by atoms with E-state index < -0.39 is 17.3 Å². The number of anilines is 1. The maximum atomic E-state index is 13.2. The number of para-hydroxylation sites is 1. The van der Waals surface area contributed by atoms with Crippen LogP contribution in [0.1, 0.15) is 67.0 Å². The first-order valence-corrected chi connectivity index (χ1v) is 14.9. The molecule has 3 aromatic heterocycles. The summed E-state index contributed by atoms with van der Waals surface area (Å²) >= 11 is 7.10. The SMILES string of the molecule is CC=Cc1cnc2c(N[C@H]3CCCN(C(=O)OC(C)(C)C)C3)nc(-c3cn(C(=O)OC(C)(C)C)c4ccccc34)c(Cl)n12. The number of benzene rings is 1. The van der Waals surface area contributed by atoms with Crippen LogP contribution in [-0.4, -0.2) is 66.4 Å². The third kappa shape index (κ3) is 6.49. The van der Waals surface area contributed by atoms with Gasteiger partial charge < -0.3 is 19.7 Å². The lowest BCUT2D eigenvalue weighted by Crippen LogP contribution is -2.47. The number of hydrogen-bond donors (Lipinski definition) is 1. The van der Waals surface area contributed by atoms with Crippen LogP contribution in [0.5, 0.6) is 0 Å². The molecule has 4 heterocycles. The summed E-state index contributed by atoms with van der Waals surface area (Å²) in [6.07, 6.45) is 8.14. The van der Waals surface area contributed by atoms with Gasteiger partial charge in [0.25, 0.3) is 0 Å². The maximum Gasteiger partial charge on any atom is 0.419 e. The summed E-state index contributed by atoms with van der Waals surface area (Å²) in [5.74, 6) is 0.528. The first kappa shape index (κ1) is 30.4. The van der Waals surface area contributed by atoms with Crippen molar-refractivity contribution in [3.63, 3.8) is 0 Å². The number of nitrogens with zero attached hydrogens (tertiary/aromatic N) is 5. The normalized spacial score (nSPS) is 16.3. The van der Waals surface area contributed by atoms with Gasteiger partial charge in [0.05, 0.1) is 17.4 Å². The van der Waals surface area contributed by atoms with Gasteiger partial charge in [-0.15, -0.1) is 0 Å². The summed E-state index contributed by atoms with van der Waals surface area (Å²) in [7, 11) is 0. The van der Waals surface area contributed by atoms with E-state index in [-0.39, 0.29) is 12.1 Å². The molecule has 228 valence electrons. The van der Waals surface area contributed by atoms with Crippen molar-refractivity contribution < 1.29 is 19.1 Å². The van der Waals surface area contributed by atoms with Crippen LogP contribution in [0.4, 0.5) is 15.4 Å². The van der Waals surface area contributed by atoms with Gasteiger partial charge in [0.1, 0.15) is 22.0 Å².